The molecule has 2 rings (SSSR count). The summed E-state index contributed by atoms with van der Waals surface area (Å²) >= 11 is 0. The number of likely N-dealkylation sites (tertiary alicyclic amines) is 1. The van der Waals surface area contributed by atoms with Crippen LogP contribution in [-0.2, 0) is 14.8 Å². The van der Waals surface area contributed by atoms with Crippen LogP contribution in [-0.4, -0.2) is 55.6 Å². The number of hydrogen-bond acceptors (Lipinski definition) is 5. The molecule has 1 fully saturated rings. The van der Waals surface area contributed by atoms with Crippen LogP contribution in [0.5, 0.6) is 0 Å². The van der Waals surface area contributed by atoms with Gasteiger partial charge in [-0.25, -0.2) is 0 Å². The topological polar surface area (TPSA) is 77.9 Å². The lowest BCUT2D eigenvalue weighted by Gasteiger charge is -2.31. The van der Waals surface area contributed by atoms with Crippen molar-refractivity contribution in [2.24, 2.45) is 5.92 Å². The fourth-order valence-corrected chi connectivity index (χ4v) is 3.87. The van der Waals surface area contributed by atoms with Crippen molar-refractivity contribution in [3.8, 4) is 0 Å². The third-order valence-corrected chi connectivity index (χ3v) is 6.06. The Balaban J connectivity index is 2.16. The average Bonchev–Trinajstić information content (AvgIpc) is 2.60. The van der Waals surface area contributed by atoms with Crippen molar-refractivity contribution in [3.63, 3.8) is 0 Å². The molecule has 1 aliphatic rings. The van der Waals surface area contributed by atoms with E-state index in [1.165, 1.54) is 18.2 Å². The van der Waals surface area contributed by atoms with E-state index in [1.807, 2.05) is 4.90 Å². The maximum Gasteiger partial charge on any atom is 0.517 e. The molecular weight excluding hydrogens is 385 g/mol. The first-order valence-electron chi connectivity index (χ1n) is 8.65. The fourth-order valence-electron chi connectivity index (χ4n) is 2.90. The number of benzene rings is 1. The lowest BCUT2D eigenvalue weighted by Crippen LogP contribution is -2.49. The van der Waals surface area contributed by atoms with Gasteiger partial charge in [0.1, 0.15) is 6.10 Å². The monoisotopic (exact) mass is 408 g/mol. The van der Waals surface area contributed by atoms with Gasteiger partial charge in [0.15, 0.2) is 0 Å². The maximum atomic E-state index is 13.0. The molecule has 0 bridgehead atoms. The molecule has 0 aliphatic carbocycles. The molecule has 6 nitrogen and oxygen atoms in total. The van der Waals surface area contributed by atoms with Crippen LogP contribution in [0.25, 0.3) is 0 Å². The number of sulfonamides is 1. The molecule has 0 saturated carbocycles. The molecule has 27 heavy (non-hydrogen) atoms. The predicted octanol–water partition coefficient (Wildman–Crippen LogP) is 2.35. The van der Waals surface area contributed by atoms with Gasteiger partial charge in [-0.2, -0.15) is 25.9 Å². The summed E-state index contributed by atoms with van der Waals surface area (Å²) in [6.45, 7) is 3.96. The van der Waals surface area contributed by atoms with Crippen LogP contribution < -0.4 is 4.31 Å². The van der Waals surface area contributed by atoms with E-state index in [0.29, 0.717) is 12.5 Å². The van der Waals surface area contributed by atoms with Crippen molar-refractivity contribution >= 4 is 21.6 Å². The molecule has 152 valence electrons. The van der Waals surface area contributed by atoms with E-state index in [2.05, 4.69) is 6.92 Å². The maximum absolute atomic E-state index is 13.0. The summed E-state index contributed by atoms with van der Waals surface area (Å²) in [5.74, 6) is -0.929. The molecule has 1 N–H and O–H groups in total. The second-order valence-electron chi connectivity index (χ2n) is 6.72. The van der Waals surface area contributed by atoms with Gasteiger partial charge in [0.05, 0.1) is 5.69 Å². The van der Waals surface area contributed by atoms with Gasteiger partial charge in [-0.05, 0) is 50.4 Å². The van der Waals surface area contributed by atoms with Crippen LogP contribution in [0, 0.1) is 5.92 Å². The number of carbonyl (C=O) groups excluding carboxylic acids is 1. The Labute approximate surface area is 156 Å². The highest BCUT2D eigenvalue weighted by molar-refractivity contribution is 7.94. The van der Waals surface area contributed by atoms with E-state index in [0.717, 1.165) is 38.1 Å². The minimum absolute atomic E-state index is 0.149. The second kappa shape index (κ2) is 8.57. The Morgan fingerprint density at radius 1 is 1.26 bits per heavy atom. The number of aliphatic hydroxyl groups excluding tert-OH is 1. The van der Waals surface area contributed by atoms with E-state index in [1.54, 1.807) is 0 Å². The lowest BCUT2D eigenvalue weighted by molar-refractivity contribution is -0.126. The first-order valence-corrected chi connectivity index (χ1v) is 10.1. The minimum atomic E-state index is -5.98. The van der Waals surface area contributed by atoms with Crippen molar-refractivity contribution in [3.05, 3.63) is 30.3 Å². The van der Waals surface area contributed by atoms with Crippen molar-refractivity contribution in [2.75, 3.05) is 23.9 Å². The summed E-state index contributed by atoms with van der Waals surface area (Å²) in [6, 6.07) is 6.23. The van der Waals surface area contributed by atoms with E-state index < -0.39 is 33.2 Å². The first-order chi connectivity index (χ1) is 12.5. The summed E-state index contributed by atoms with van der Waals surface area (Å²) < 4.78 is 62.6. The number of carbonyl (C=O) groups is 1. The highest BCUT2D eigenvalue weighted by atomic mass is 32.2. The van der Waals surface area contributed by atoms with Crippen LogP contribution >= 0.6 is 0 Å². The van der Waals surface area contributed by atoms with E-state index >= 15 is 0 Å². The third-order valence-electron chi connectivity index (χ3n) is 4.60. The van der Waals surface area contributed by atoms with Crippen molar-refractivity contribution in [1.82, 2.24) is 4.90 Å². The summed E-state index contributed by atoms with van der Waals surface area (Å²) in [5, 5.41) is 10.1. The van der Waals surface area contributed by atoms with E-state index in [9.17, 15) is 31.5 Å². The molecule has 1 aromatic rings. The first kappa shape index (κ1) is 21.6. The Kier molecular flexibility index (Phi) is 6.87. The molecule has 1 heterocycles. The average molecular weight is 408 g/mol. The Hall–Kier alpha value is -1.65. The van der Waals surface area contributed by atoms with Crippen molar-refractivity contribution in [2.45, 2.75) is 37.8 Å². The number of piperidine rings is 1. The van der Waals surface area contributed by atoms with Crippen LogP contribution in [0.15, 0.2) is 30.3 Å². The van der Waals surface area contributed by atoms with Gasteiger partial charge < -0.3 is 10.0 Å². The molecule has 1 unspecified atom stereocenters. The van der Waals surface area contributed by atoms with Gasteiger partial charge in [-0.15, -0.1) is 0 Å². The number of amides is 1. The fraction of sp³-hybridized carbons (Fsp3) is 0.588. The quantitative estimate of drug-likeness (QED) is 0.782. The summed E-state index contributed by atoms with van der Waals surface area (Å²) in [6.07, 6.45) is -0.0865. The predicted molar refractivity (Wildman–Crippen MR) is 94.4 cm³/mol. The molecule has 1 amide bonds. The zero-order chi connectivity index (χ0) is 20.2. The van der Waals surface area contributed by atoms with E-state index in [-0.39, 0.29) is 10.7 Å². The summed E-state index contributed by atoms with van der Waals surface area (Å²) in [4.78, 5) is 14.4. The second-order valence-corrected chi connectivity index (χ2v) is 8.50. The number of halogens is 3. The smallest absolute Gasteiger partial charge is 0.383 e. The molecule has 1 aromatic carbocycles. The number of nitrogens with zero attached hydrogens (tertiary/aromatic N) is 2. The largest absolute Gasteiger partial charge is 0.517 e. The van der Waals surface area contributed by atoms with Gasteiger partial charge in [0.2, 0.25) is 0 Å². The summed E-state index contributed by atoms with van der Waals surface area (Å²) in [7, 11) is -5.98. The minimum Gasteiger partial charge on any atom is -0.383 e. The molecule has 10 heteroatoms. The zero-order valence-electron chi connectivity index (χ0n) is 14.9. The van der Waals surface area contributed by atoms with Gasteiger partial charge >= 0.3 is 15.5 Å². The SMILES string of the molecule is CC1CCN(CCC(O)C(=O)N(c2ccccc2)S(=O)(=O)C(F)(F)F)CC1. The van der Waals surface area contributed by atoms with Gasteiger partial charge in [-0.1, -0.05) is 25.1 Å². The number of para-hydroxylation sites is 1. The van der Waals surface area contributed by atoms with Crippen LogP contribution in [0.1, 0.15) is 26.2 Å². The molecule has 0 radical (unpaired) electrons. The number of aliphatic hydroxyl groups is 1. The van der Waals surface area contributed by atoms with Gasteiger partial charge in [0.25, 0.3) is 5.91 Å². The standard InChI is InChI=1S/C17H23F3N2O4S/c1-13-7-10-21(11-8-13)12-9-15(23)16(24)22(14-5-3-2-4-6-14)27(25,26)17(18,19)20/h2-6,13,15,23H,7-12H2,1H3. The zero-order valence-corrected chi connectivity index (χ0v) is 15.7. The highest BCUT2D eigenvalue weighted by Crippen LogP contribution is 2.31. The normalized spacial score (nSPS) is 18.3. The number of anilines is 1. The van der Waals surface area contributed by atoms with Crippen LogP contribution in [0.3, 0.4) is 0 Å². The van der Waals surface area contributed by atoms with Crippen LogP contribution in [0.2, 0.25) is 0 Å². The van der Waals surface area contributed by atoms with E-state index in [4.69, 9.17) is 0 Å². The highest BCUT2D eigenvalue weighted by Gasteiger charge is 2.53. The third kappa shape index (κ3) is 5.20. The van der Waals surface area contributed by atoms with Crippen molar-refractivity contribution < 1.29 is 31.5 Å². The van der Waals surface area contributed by atoms with Gasteiger partial charge in [-0.3, -0.25) is 4.79 Å². The van der Waals surface area contributed by atoms with Gasteiger partial charge in [0, 0.05) is 6.54 Å². The lowest BCUT2D eigenvalue weighted by atomic mass is 9.99. The molecule has 1 atom stereocenters. The van der Waals surface area contributed by atoms with Crippen LogP contribution in [0.4, 0.5) is 18.9 Å². The number of rotatable bonds is 6. The Morgan fingerprint density at radius 3 is 2.33 bits per heavy atom. The molecular formula is C17H23F3N2O4S. The molecule has 0 spiro atoms. The molecule has 1 aliphatic heterocycles. The summed E-state index contributed by atoms with van der Waals surface area (Å²) in [5.41, 5.74) is -6.13. The molecule has 0 aromatic heterocycles. The number of alkyl halides is 3. The molecule has 1 saturated heterocycles. The van der Waals surface area contributed by atoms with Crippen molar-refractivity contribution in [1.29, 1.82) is 0 Å². The Morgan fingerprint density at radius 2 is 1.81 bits per heavy atom. The Bertz CT molecular complexity index is 732. The number of hydrogen-bond donors (Lipinski definition) is 1.